The summed E-state index contributed by atoms with van der Waals surface area (Å²) in [7, 11) is 4.57. The van der Waals surface area contributed by atoms with E-state index in [1.54, 1.807) is 19.1 Å². The number of methoxy groups -OCH3 is 2. The molecule has 0 saturated heterocycles. The van der Waals surface area contributed by atoms with Crippen molar-refractivity contribution in [3.63, 3.8) is 0 Å². The molecule has 6 nitrogen and oxygen atoms in total. The number of amides is 1. The van der Waals surface area contributed by atoms with Crippen molar-refractivity contribution in [1.82, 2.24) is 0 Å². The van der Waals surface area contributed by atoms with Gasteiger partial charge in [0.05, 0.1) is 20.9 Å². The van der Waals surface area contributed by atoms with Crippen molar-refractivity contribution in [2.45, 2.75) is 39.0 Å². The van der Waals surface area contributed by atoms with Gasteiger partial charge in [0.2, 0.25) is 5.90 Å². The van der Waals surface area contributed by atoms with E-state index < -0.39 is 6.67 Å². The maximum atomic E-state index is 12.9. The smallest absolute Gasteiger partial charge is 0.305 e. The second-order valence-corrected chi connectivity index (χ2v) is 7.03. The summed E-state index contributed by atoms with van der Waals surface area (Å²) in [5, 5.41) is 0. The Morgan fingerprint density at radius 3 is 2.52 bits per heavy atom. The Morgan fingerprint density at radius 2 is 1.90 bits per heavy atom. The van der Waals surface area contributed by atoms with E-state index in [4.69, 9.17) is 4.74 Å². The average molecular weight is 433 g/mol. The van der Waals surface area contributed by atoms with E-state index in [2.05, 4.69) is 16.3 Å². The minimum Gasteiger partial charge on any atom is -0.481 e. The quantitative estimate of drug-likeness (QED) is 0.157. The predicted octanol–water partition coefficient (Wildman–Crippen LogP) is 4.75. The monoisotopic (exact) mass is 432 g/mol. The maximum Gasteiger partial charge on any atom is 0.305 e. The van der Waals surface area contributed by atoms with Crippen LogP contribution in [0.5, 0.6) is 0 Å². The number of esters is 1. The fraction of sp³-hybridized carbons (Fsp3) is 0.458. The van der Waals surface area contributed by atoms with Gasteiger partial charge in [-0.05, 0) is 43.0 Å². The number of unbranched alkanes of at least 4 members (excludes halogenated alkanes) is 2. The van der Waals surface area contributed by atoms with Gasteiger partial charge in [0.15, 0.2) is 0 Å². The molecule has 7 heteroatoms. The van der Waals surface area contributed by atoms with Crippen molar-refractivity contribution in [1.29, 1.82) is 0 Å². The summed E-state index contributed by atoms with van der Waals surface area (Å²) < 4.78 is 22.6. The summed E-state index contributed by atoms with van der Waals surface area (Å²) in [4.78, 5) is 29.9. The highest BCUT2D eigenvalue weighted by Crippen LogP contribution is 2.24. The fourth-order valence-electron chi connectivity index (χ4n) is 2.98. The molecule has 0 unspecified atom stereocenters. The molecule has 31 heavy (non-hydrogen) atoms. The van der Waals surface area contributed by atoms with Crippen molar-refractivity contribution in [3.8, 4) is 0 Å². The molecular formula is C24H33FN2O4. The number of hydrogen-bond donors (Lipinski definition) is 0. The zero-order valence-corrected chi connectivity index (χ0v) is 18.9. The van der Waals surface area contributed by atoms with E-state index in [0.29, 0.717) is 37.4 Å². The van der Waals surface area contributed by atoms with Crippen LogP contribution in [0, 0.1) is 0 Å². The van der Waals surface area contributed by atoms with Crippen molar-refractivity contribution in [3.05, 3.63) is 48.1 Å². The number of aliphatic imine (C=N–C) groups is 1. The maximum absolute atomic E-state index is 12.9. The highest BCUT2D eigenvalue weighted by molar-refractivity contribution is 6.05. The summed E-state index contributed by atoms with van der Waals surface area (Å²) in [6, 6.07) is 7.56. The van der Waals surface area contributed by atoms with E-state index >= 15 is 0 Å². The highest BCUT2D eigenvalue weighted by atomic mass is 19.1. The van der Waals surface area contributed by atoms with Gasteiger partial charge in [0, 0.05) is 43.8 Å². The normalized spacial score (nSPS) is 11.8. The molecule has 0 atom stereocenters. The number of ether oxygens (including phenoxy) is 2. The van der Waals surface area contributed by atoms with Gasteiger partial charge >= 0.3 is 5.97 Å². The topological polar surface area (TPSA) is 68.2 Å². The number of carbonyl (C=O) groups is 2. The first-order valence-corrected chi connectivity index (χ1v) is 10.3. The van der Waals surface area contributed by atoms with Gasteiger partial charge in [0.25, 0.3) is 5.91 Å². The number of carbonyl (C=O) groups excluding carboxylic acids is 2. The van der Waals surface area contributed by atoms with E-state index in [1.807, 2.05) is 37.3 Å². The van der Waals surface area contributed by atoms with Crippen LogP contribution in [0.4, 0.5) is 10.1 Å². The number of nitrogens with zero attached hydrogens (tertiary/aromatic N) is 2. The third-order valence-electron chi connectivity index (χ3n) is 4.82. The van der Waals surface area contributed by atoms with Crippen LogP contribution in [0.25, 0.3) is 5.57 Å². The molecule has 0 fully saturated rings. The Labute approximate surface area is 184 Å². The zero-order chi connectivity index (χ0) is 23.2. The van der Waals surface area contributed by atoms with E-state index in [-0.39, 0.29) is 23.9 Å². The number of halogens is 1. The number of hydrogen-bond acceptors (Lipinski definition) is 5. The van der Waals surface area contributed by atoms with Crippen LogP contribution in [0.15, 0.2) is 47.5 Å². The lowest BCUT2D eigenvalue weighted by atomic mass is 10.0. The van der Waals surface area contributed by atoms with Crippen LogP contribution in [0.1, 0.15) is 44.6 Å². The van der Waals surface area contributed by atoms with Gasteiger partial charge in [-0.1, -0.05) is 25.1 Å². The molecule has 1 aromatic carbocycles. The highest BCUT2D eigenvalue weighted by Gasteiger charge is 2.19. The molecule has 0 saturated carbocycles. The second-order valence-electron chi connectivity index (χ2n) is 7.03. The molecule has 0 aliphatic rings. The minimum absolute atomic E-state index is 0.000455. The molecular weight excluding hydrogens is 399 g/mol. The van der Waals surface area contributed by atoms with Crippen molar-refractivity contribution in [2.24, 2.45) is 4.99 Å². The van der Waals surface area contributed by atoms with Crippen LogP contribution in [0.2, 0.25) is 0 Å². The molecule has 0 N–H and O–H groups in total. The molecule has 0 aliphatic carbocycles. The average Bonchev–Trinajstić information content (AvgIpc) is 2.79. The number of alkyl halides is 1. The Balaban J connectivity index is 3.05. The second kappa shape index (κ2) is 14.1. The number of anilines is 1. The molecule has 0 aromatic heterocycles. The van der Waals surface area contributed by atoms with Gasteiger partial charge in [-0.2, -0.15) is 0 Å². The summed E-state index contributed by atoms with van der Waals surface area (Å²) in [6.45, 7) is 5.50. The van der Waals surface area contributed by atoms with Gasteiger partial charge in [-0.25, -0.2) is 0 Å². The van der Waals surface area contributed by atoms with Crippen LogP contribution in [-0.4, -0.2) is 52.3 Å². The Kier molecular flexibility index (Phi) is 11.9. The standard InChI is InChI=1S/C24H33FN2O4/c1-18(13-14-25)24(29)27(15-8-6-7-12-23(28)31-5)21-11-9-10-20(17-21)19(2)16-22(26-3)30-4/h9-11,16-17H,1,6-8,12-15H2,2-5H3/b19-16+,26-22?. The summed E-state index contributed by atoms with van der Waals surface area (Å²) in [5.74, 6) is -0.0415. The van der Waals surface area contributed by atoms with Gasteiger partial charge in [-0.15, -0.1) is 0 Å². The Hall–Kier alpha value is -2.96. The predicted molar refractivity (Wildman–Crippen MR) is 123 cm³/mol. The van der Waals surface area contributed by atoms with Crippen LogP contribution < -0.4 is 4.90 Å². The third-order valence-corrected chi connectivity index (χ3v) is 4.82. The Morgan fingerprint density at radius 1 is 1.16 bits per heavy atom. The molecule has 1 rings (SSSR count). The first-order chi connectivity index (χ1) is 14.9. The van der Waals surface area contributed by atoms with Gasteiger partial charge in [0.1, 0.15) is 0 Å². The molecule has 0 radical (unpaired) electrons. The van der Waals surface area contributed by atoms with Crippen LogP contribution >= 0.6 is 0 Å². The summed E-state index contributed by atoms with van der Waals surface area (Å²) in [6.07, 6.45) is 4.30. The lowest BCUT2D eigenvalue weighted by molar-refractivity contribution is -0.140. The molecule has 1 amide bonds. The minimum atomic E-state index is -0.629. The first kappa shape index (κ1) is 26.1. The van der Waals surface area contributed by atoms with Crippen molar-refractivity contribution < 1.29 is 23.5 Å². The Bertz CT molecular complexity index is 818. The molecule has 0 heterocycles. The molecule has 1 aromatic rings. The summed E-state index contributed by atoms with van der Waals surface area (Å²) in [5.41, 5.74) is 2.78. The number of rotatable bonds is 12. The van der Waals surface area contributed by atoms with E-state index in [0.717, 1.165) is 17.6 Å². The van der Waals surface area contributed by atoms with Crippen LogP contribution in [0.3, 0.4) is 0 Å². The van der Waals surface area contributed by atoms with E-state index in [9.17, 15) is 14.0 Å². The molecule has 170 valence electrons. The molecule has 0 bridgehead atoms. The fourth-order valence-corrected chi connectivity index (χ4v) is 2.98. The lowest BCUT2D eigenvalue weighted by Crippen LogP contribution is -2.33. The molecule has 0 spiro atoms. The lowest BCUT2D eigenvalue weighted by Gasteiger charge is -2.24. The number of benzene rings is 1. The summed E-state index contributed by atoms with van der Waals surface area (Å²) >= 11 is 0. The zero-order valence-electron chi connectivity index (χ0n) is 18.9. The van der Waals surface area contributed by atoms with Crippen molar-refractivity contribution in [2.75, 3.05) is 39.4 Å². The SMILES string of the molecule is C=C(CCF)C(=O)N(CCCCCC(=O)OC)c1cccc(/C(C)=C/C(=NC)OC)c1. The van der Waals surface area contributed by atoms with E-state index in [1.165, 1.54) is 7.11 Å². The third kappa shape index (κ3) is 8.74. The van der Waals surface area contributed by atoms with Crippen molar-refractivity contribution >= 4 is 29.0 Å². The largest absolute Gasteiger partial charge is 0.481 e. The number of allylic oxidation sites excluding steroid dienone is 1. The van der Waals surface area contributed by atoms with Gasteiger partial charge < -0.3 is 14.4 Å². The van der Waals surface area contributed by atoms with Gasteiger partial charge in [-0.3, -0.25) is 19.0 Å². The first-order valence-electron chi connectivity index (χ1n) is 10.3. The van der Waals surface area contributed by atoms with Crippen LogP contribution in [-0.2, 0) is 19.1 Å². The molecule has 0 aliphatic heterocycles.